The van der Waals surface area contributed by atoms with Crippen LogP contribution in [0.1, 0.15) is 12.6 Å². The maximum atomic E-state index is 13.7. The van der Waals surface area contributed by atoms with Gasteiger partial charge in [-0.1, -0.05) is 31.2 Å². The highest BCUT2D eigenvalue weighted by molar-refractivity contribution is 5.94. The number of pyridine rings is 1. The van der Waals surface area contributed by atoms with Crippen LogP contribution < -0.4 is 10.1 Å². The smallest absolute Gasteiger partial charge is 0.425 e. The highest BCUT2D eigenvalue weighted by Gasteiger charge is 2.42. The van der Waals surface area contributed by atoms with E-state index in [1.807, 2.05) is 6.92 Å². The Hall–Kier alpha value is -2.50. The van der Waals surface area contributed by atoms with Gasteiger partial charge in [0.05, 0.1) is 0 Å². The SMILES string of the molecule is CCc1cccc(NC(=O)C(F)(F)Oc2ccccc2)n1. The second-order valence-electron chi connectivity index (χ2n) is 4.25. The van der Waals surface area contributed by atoms with E-state index in [0.29, 0.717) is 12.1 Å². The molecule has 0 unspecified atom stereocenters. The molecule has 110 valence electrons. The van der Waals surface area contributed by atoms with E-state index in [2.05, 4.69) is 15.0 Å². The van der Waals surface area contributed by atoms with Crippen LogP contribution in [0.4, 0.5) is 14.6 Å². The molecule has 4 nitrogen and oxygen atoms in total. The van der Waals surface area contributed by atoms with Crippen LogP contribution in [0.2, 0.25) is 0 Å². The number of halogens is 2. The van der Waals surface area contributed by atoms with Gasteiger partial charge in [0.2, 0.25) is 0 Å². The van der Waals surface area contributed by atoms with Crippen LogP contribution in [0.15, 0.2) is 48.5 Å². The largest absolute Gasteiger partial charge is 0.482 e. The summed E-state index contributed by atoms with van der Waals surface area (Å²) in [6.07, 6.45) is -3.34. The number of hydrogen-bond acceptors (Lipinski definition) is 3. The first-order valence-electron chi connectivity index (χ1n) is 6.40. The number of nitrogens with one attached hydrogen (secondary N) is 1. The van der Waals surface area contributed by atoms with Crippen LogP contribution >= 0.6 is 0 Å². The first kappa shape index (κ1) is 14.9. The van der Waals surface area contributed by atoms with Crippen LogP contribution in [0, 0.1) is 0 Å². The zero-order valence-electron chi connectivity index (χ0n) is 11.3. The fraction of sp³-hybridized carbons (Fsp3) is 0.200. The van der Waals surface area contributed by atoms with Crippen LogP contribution in [-0.2, 0) is 11.2 Å². The second-order valence-corrected chi connectivity index (χ2v) is 4.25. The minimum absolute atomic E-state index is 0.0655. The molecule has 0 radical (unpaired) electrons. The Morgan fingerprint density at radius 3 is 2.57 bits per heavy atom. The minimum atomic E-state index is -3.98. The van der Waals surface area contributed by atoms with Crippen LogP contribution in [0.5, 0.6) is 5.75 Å². The molecule has 0 saturated heterocycles. The number of alkyl halides is 2. The third-order valence-electron chi connectivity index (χ3n) is 2.66. The molecule has 1 aromatic carbocycles. The highest BCUT2D eigenvalue weighted by Crippen LogP contribution is 2.22. The Kier molecular flexibility index (Phi) is 4.47. The van der Waals surface area contributed by atoms with Gasteiger partial charge in [-0.2, -0.15) is 8.78 Å². The quantitative estimate of drug-likeness (QED) is 0.920. The van der Waals surface area contributed by atoms with Crippen molar-refractivity contribution < 1.29 is 18.3 Å². The molecule has 0 atom stereocenters. The van der Waals surface area contributed by atoms with Gasteiger partial charge < -0.3 is 10.1 Å². The average molecular weight is 292 g/mol. The summed E-state index contributed by atoms with van der Waals surface area (Å²) >= 11 is 0. The molecule has 0 aliphatic rings. The molecule has 1 aromatic heterocycles. The van der Waals surface area contributed by atoms with E-state index in [4.69, 9.17) is 0 Å². The van der Waals surface area contributed by atoms with Crippen LogP contribution in [0.25, 0.3) is 0 Å². The summed E-state index contributed by atoms with van der Waals surface area (Å²) in [5.74, 6) is -1.59. The van der Waals surface area contributed by atoms with E-state index in [1.54, 1.807) is 18.2 Å². The van der Waals surface area contributed by atoms with Crippen molar-refractivity contribution in [3.05, 3.63) is 54.2 Å². The number of hydrogen-bond donors (Lipinski definition) is 1. The van der Waals surface area contributed by atoms with E-state index >= 15 is 0 Å². The lowest BCUT2D eigenvalue weighted by atomic mass is 10.3. The van der Waals surface area contributed by atoms with Gasteiger partial charge in [-0.15, -0.1) is 0 Å². The molecule has 0 spiro atoms. The summed E-state index contributed by atoms with van der Waals surface area (Å²) in [4.78, 5) is 15.6. The standard InChI is InChI=1S/C15H14F2N2O2/c1-2-11-7-6-10-13(18-11)19-14(20)15(16,17)21-12-8-4-3-5-9-12/h3-10H,2H2,1H3,(H,18,19,20). The molecule has 1 amide bonds. The molecule has 0 aliphatic carbocycles. The van der Waals surface area contributed by atoms with Gasteiger partial charge in [-0.05, 0) is 30.7 Å². The number of benzene rings is 1. The third-order valence-corrected chi connectivity index (χ3v) is 2.66. The lowest BCUT2D eigenvalue weighted by Crippen LogP contribution is -2.40. The van der Waals surface area contributed by atoms with E-state index < -0.39 is 12.0 Å². The molecule has 0 bridgehead atoms. The molecule has 0 fully saturated rings. The third kappa shape index (κ3) is 3.98. The Morgan fingerprint density at radius 1 is 1.19 bits per heavy atom. The number of aromatic nitrogens is 1. The maximum Gasteiger partial charge on any atom is 0.482 e. The Balaban J connectivity index is 2.07. The van der Waals surface area contributed by atoms with Gasteiger partial charge in [-0.25, -0.2) is 4.98 Å². The number of carbonyl (C=O) groups is 1. The van der Waals surface area contributed by atoms with Gasteiger partial charge in [0.25, 0.3) is 0 Å². The van der Waals surface area contributed by atoms with Crippen molar-refractivity contribution in [2.24, 2.45) is 0 Å². The lowest BCUT2D eigenvalue weighted by Gasteiger charge is -2.17. The lowest BCUT2D eigenvalue weighted by molar-refractivity contribution is -0.187. The molecule has 21 heavy (non-hydrogen) atoms. The van der Waals surface area contributed by atoms with Crippen LogP contribution in [0.3, 0.4) is 0 Å². The number of ether oxygens (including phenoxy) is 1. The van der Waals surface area contributed by atoms with Gasteiger partial charge >= 0.3 is 12.0 Å². The van der Waals surface area contributed by atoms with Crippen molar-refractivity contribution in [2.45, 2.75) is 19.5 Å². The molecule has 6 heteroatoms. The van der Waals surface area contributed by atoms with E-state index in [-0.39, 0.29) is 11.6 Å². The van der Waals surface area contributed by atoms with Gasteiger partial charge in [-0.3, -0.25) is 4.79 Å². The Morgan fingerprint density at radius 2 is 1.90 bits per heavy atom. The number of amides is 1. The van der Waals surface area contributed by atoms with E-state index in [1.165, 1.54) is 30.3 Å². The fourth-order valence-electron chi connectivity index (χ4n) is 1.62. The predicted molar refractivity (Wildman–Crippen MR) is 74.3 cm³/mol. The number of para-hydroxylation sites is 1. The van der Waals surface area contributed by atoms with E-state index in [9.17, 15) is 13.6 Å². The van der Waals surface area contributed by atoms with Crippen molar-refractivity contribution in [1.82, 2.24) is 4.98 Å². The van der Waals surface area contributed by atoms with Crippen molar-refractivity contribution >= 4 is 11.7 Å². The van der Waals surface area contributed by atoms with E-state index in [0.717, 1.165) is 0 Å². The zero-order chi connectivity index (χ0) is 15.3. The van der Waals surface area contributed by atoms with Crippen molar-refractivity contribution in [2.75, 3.05) is 5.32 Å². The Labute approximate surface area is 120 Å². The number of carbonyl (C=O) groups excluding carboxylic acids is 1. The average Bonchev–Trinajstić information content (AvgIpc) is 2.48. The molecule has 0 saturated carbocycles. The first-order chi connectivity index (χ1) is 10.0. The molecular formula is C15H14F2N2O2. The topological polar surface area (TPSA) is 51.2 Å². The molecule has 1 heterocycles. The van der Waals surface area contributed by atoms with Gasteiger partial charge in [0, 0.05) is 5.69 Å². The highest BCUT2D eigenvalue weighted by atomic mass is 19.3. The number of aryl methyl sites for hydroxylation is 1. The monoisotopic (exact) mass is 292 g/mol. The summed E-state index contributed by atoms with van der Waals surface area (Å²) < 4.78 is 31.8. The summed E-state index contributed by atoms with van der Waals surface area (Å²) in [6.45, 7) is 1.88. The first-order valence-corrected chi connectivity index (χ1v) is 6.40. The van der Waals surface area contributed by atoms with Crippen molar-refractivity contribution in [3.8, 4) is 5.75 Å². The fourth-order valence-corrected chi connectivity index (χ4v) is 1.62. The Bertz CT molecular complexity index is 618. The summed E-state index contributed by atoms with van der Waals surface area (Å²) in [5.41, 5.74) is 0.695. The maximum absolute atomic E-state index is 13.7. The summed E-state index contributed by atoms with van der Waals surface area (Å²) in [5, 5.41) is 2.05. The van der Waals surface area contributed by atoms with Crippen LogP contribution in [-0.4, -0.2) is 17.0 Å². The van der Waals surface area contributed by atoms with Gasteiger partial charge in [0.1, 0.15) is 11.6 Å². The number of nitrogens with zero attached hydrogens (tertiary/aromatic N) is 1. The normalized spacial score (nSPS) is 11.0. The molecule has 0 aliphatic heterocycles. The number of rotatable bonds is 5. The van der Waals surface area contributed by atoms with Crippen molar-refractivity contribution in [3.63, 3.8) is 0 Å². The minimum Gasteiger partial charge on any atom is -0.425 e. The second kappa shape index (κ2) is 6.30. The number of anilines is 1. The summed E-state index contributed by atoms with van der Waals surface area (Å²) in [6, 6.07) is 12.2. The molecule has 2 rings (SSSR count). The molecule has 1 N–H and O–H groups in total. The van der Waals surface area contributed by atoms with Crippen molar-refractivity contribution in [1.29, 1.82) is 0 Å². The molecular weight excluding hydrogens is 278 g/mol. The zero-order valence-corrected chi connectivity index (χ0v) is 11.3. The summed E-state index contributed by atoms with van der Waals surface area (Å²) in [7, 11) is 0. The molecule has 2 aromatic rings. The predicted octanol–water partition coefficient (Wildman–Crippen LogP) is 3.25. The van der Waals surface area contributed by atoms with Gasteiger partial charge in [0.15, 0.2) is 0 Å².